The van der Waals surface area contributed by atoms with Gasteiger partial charge in [0.25, 0.3) is 0 Å². The van der Waals surface area contributed by atoms with Gasteiger partial charge in [0, 0.05) is 0 Å². The van der Waals surface area contributed by atoms with Crippen molar-refractivity contribution in [1.82, 2.24) is 5.32 Å². The smallest absolute Gasteiger partial charge is 0.249 e. The number of rotatable bonds is 42. The number of allylic oxidation sites excluding steroid dienone is 5. The molecule has 1 heterocycles. The summed E-state index contributed by atoms with van der Waals surface area (Å²) >= 11 is 0. The van der Waals surface area contributed by atoms with Gasteiger partial charge in [-0.25, -0.2) is 0 Å². The van der Waals surface area contributed by atoms with E-state index in [0.717, 1.165) is 32.1 Å². The number of carbonyl (C=O) groups is 1. The van der Waals surface area contributed by atoms with Gasteiger partial charge in [0.05, 0.1) is 25.4 Å². The highest BCUT2D eigenvalue weighted by atomic mass is 16.7. The van der Waals surface area contributed by atoms with E-state index in [1.165, 1.54) is 154 Å². The van der Waals surface area contributed by atoms with E-state index in [-0.39, 0.29) is 6.61 Å². The SMILES string of the molecule is CCCCCCC/C=C/CC/C=C/C(O)C(COC1OC(CO)C(O)C(O)C1O)NC(=O)C(O)CCCCCCCCCCC/C=C\CCCCCCCCCCCCCC. The first-order chi connectivity index (χ1) is 29.8. The first-order valence-corrected chi connectivity index (χ1v) is 25.3. The van der Waals surface area contributed by atoms with Crippen molar-refractivity contribution in [2.75, 3.05) is 13.2 Å². The van der Waals surface area contributed by atoms with Gasteiger partial charge in [-0.05, 0) is 57.8 Å². The summed E-state index contributed by atoms with van der Waals surface area (Å²) in [4.78, 5) is 13.0. The molecule has 1 saturated heterocycles. The summed E-state index contributed by atoms with van der Waals surface area (Å²) in [7, 11) is 0. The third-order valence-corrected chi connectivity index (χ3v) is 12.0. The molecule has 0 bridgehead atoms. The molecule has 1 amide bonds. The van der Waals surface area contributed by atoms with E-state index in [1.54, 1.807) is 6.08 Å². The molecule has 0 aromatic carbocycles. The fraction of sp³-hybridized carbons (Fsp3) is 0.863. The number of carbonyl (C=O) groups excluding carboxylic acids is 1. The van der Waals surface area contributed by atoms with Crippen LogP contribution < -0.4 is 5.32 Å². The van der Waals surface area contributed by atoms with Crippen molar-refractivity contribution in [3.8, 4) is 0 Å². The third kappa shape index (κ3) is 31.0. The second-order valence-corrected chi connectivity index (χ2v) is 17.7. The number of amides is 1. The van der Waals surface area contributed by atoms with Crippen molar-refractivity contribution in [3.63, 3.8) is 0 Å². The first kappa shape index (κ1) is 57.4. The molecule has 10 heteroatoms. The second-order valence-electron chi connectivity index (χ2n) is 17.7. The predicted octanol–water partition coefficient (Wildman–Crippen LogP) is 10.2. The molecule has 10 nitrogen and oxygen atoms in total. The van der Waals surface area contributed by atoms with Crippen LogP contribution >= 0.6 is 0 Å². The summed E-state index contributed by atoms with van der Waals surface area (Å²) < 4.78 is 11.1. The monoisotopic (exact) mass is 866 g/mol. The summed E-state index contributed by atoms with van der Waals surface area (Å²) in [5.74, 6) is -0.629. The lowest BCUT2D eigenvalue weighted by atomic mass is 9.99. The maximum atomic E-state index is 13.0. The third-order valence-electron chi connectivity index (χ3n) is 12.0. The minimum atomic E-state index is -1.61. The van der Waals surface area contributed by atoms with Gasteiger partial charge in [0.2, 0.25) is 5.91 Å². The molecule has 0 aromatic rings. The highest BCUT2D eigenvalue weighted by Crippen LogP contribution is 2.23. The van der Waals surface area contributed by atoms with Gasteiger partial charge >= 0.3 is 0 Å². The van der Waals surface area contributed by atoms with Gasteiger partial charge in [-0.3, -0.25) is 4.79 Å². The molecule has 61 heavy (non-hydrogen) atoms. The van der Waals surface area contributed by atoms with E-state index < -0.39 is 61.5 Å². The molecule has 0 aromatic heterocycles. The highest BCUT2D eigenvalue weighted by molar-refractivity contribution is 5.80. The first-order valence-electron chi connectivity index (χ1n) is 25.3. The lowest BCUT2D eigenvalue weighted by Gasteiger charge is -2.40. The van der Waals surface area contributed by atoms with Crippen LogP contribution in [0.5, 0.6) is 0 Å². The van der Waals surface area contributed by atoms with Crippen LogP contribution in [-0.2, 0) is 14.3 Å². The van der Waals surface area contributed by atoms with Crippen molar-refractivity contribution < 1.29 is 44.9 Å². The van der Waals surface area contributed by atoms with E-state index in [9.17, 15) is 35.4 Å². The molecule has 1 rings (SSSR count). The van der Waals surface area contributed by atoms with Crippen LogP contribution in [0.15, 0.2) is 36.5 Å². The Bertz CT molecular complexity index is 1070. The van der Waals surface area contributed by atoms with Crippen LogP contribution in [0.2, 0.25) is 0 Å². The Kier molecular flexibility index (Phi) is 38.7. The molecule has 1 fully saturated rings. The molecule has 8 atom stereocenters. The minimum absolute atomic E-state index is 0.301. The van der Waals surface area contributed by atoms with Crippen molar-refractivity contribution >= 4 is 5.91 Å². The topological polar surface area (TPSA) is 169 Å². The summed E-state index contributed by atoms with van der Waals surface area (Å²) in [5, 5.41) is 64.6. The van der Waals surface area contributed by atoms with E-state index in [0.29, 0.717) is 19.3 Å². The minimum Gasteiger partial charge on any atom is -0.394 e. The highest BCUT2D eigenvalue weighted by Gasteiger charge is 2.44. The van der Waals surface area contributed by atoms with Gasteiger partial charge < -0.3 is 45.4 Å². The van der Waals surface area contributed by atoms with Crippen LogP contribution in [0.25, 0.3) is 0 Å². The number of aliphatic hydroxyl groups excluding tert-OH is 6. The number of hydrogen-bond acceptors (Lipinski definition) is 9. The van der Waals surface area contributed by atoms with Crippen LogP contribution in [0, 0.1) is 0 Å². The number of hydrogen-bond donors (Lipinski definition) is 7. The molecular weight excluding hydrogens is 771 g/mol. The summed E-state index contributed by atoms with van der Waals surface area (Å²) in [5.41, 5.74) is 0. The summed E-state index contributed by atoms with van der Waals surface area (Å²) in [6.45, 7) is 3.57. The van der Waals surface area contributed by atoms with Crippen molar-refractivity contribution in [1.29, 1.82) is 0 Å². The molecule has 8 unspecified atom stereocenters. The maximum Gasteiger partial charge on any atom is 0.249 e. The molecule has 0 saturated carbocycles. The van der Waals surface area contributed by atoms with E-state index in [2.05, 4.69) is 43.5 Å². The van der Waals surface area contributed by atoms with Crippen LogP contribution in [0.1, 0.15) is 219 Å². The number of nitrogens with one attached hydrogen (secondary N) is 1. The van der Waals surface area contributed by atoms with Crippen molar-refractivity contribution in [2.24, 2.45) is 0 Å². The largest absolute Gasteiger partial charge is 0.394 e. The van der Waals surface area contributed by atoms with Gasteiger partial charge in [0.15, 0.2) is 6.29 Å². The Morgan fingerprint density at radius 3 is 1.43 bits per heavy atom. The fourth-order valence-corrected chi connectivity index (χ4v) is 7.88. The van der Waals surface area contributed by atoms with Gasteiger partial charge in [-0.1, -0.05) is 198 Å². The Morgan fingerprint density at radius 1 is 0.557 bits per heavy atom. The van der Waals surface area contributed by atoms with Crippen LogP contribution in [0.4, 0.5) is 0 Å². The Hall–Kier alpha value is -1.63. The zero-order chi connectivity index (χ0) is 44.6. The molecule has 0 spiro atoms. The van der Waals surface area contributed by atoms with E-state index in [4.69, 9.17) is 9.47 Å². The zero-order valence-corrected chi connectivity index (χ0v) is 39.0. The van der Waals surface area contributed by atoms with Crippen molar-refractivity contribution in [3.05, 3.63) is 36.5 Å². The van der Waals surface area contributed by atoms with Gasteiger partial charge in [-0.2, -0.15) is 0 Å². The second kappa shape index (κ2) is 41.1. The Balaban J connectivity index is 2.27. The van der Waals surface area contributed by atoms with E-state index in [1.807, 2.05) is 6.08 Å². The maximum absolute atomic E-state index is 13.0. The summed E-state index contributed by atoms with van der Waals surface area (Å²) in [6, 6.07) is -0.996. The van der Waals surface area contributed by atoms with Crippen LogP contribution in [0.3, 0.4) is 0 Å². The predicted molar refractivity (Wildman–Crippen MR) is 250 cm³/mol. The van der Waals surface area contributed by atoms with Gasteiger partial charge in [0.1, 0.15) is 30.5 Å². The number of unbranched alkanes of at least 4 members (excludes halogenated alkanes) is 27. The molecule has 0 aliphatic carbocycles. The number of ether oxygens (including phenoxy) is 2. The zero-order valence-electron chi connectivity index (χ0n) is 39.0. The lowest BCUT2D eigenvalue weighted by Crippen LogP contribution is -2.60. The van der Waals surface area contributed by atoms with Crippen LogP contribution in [-0.4, -0.2) is 98.7 Å². The fourth-order valence-electron chi connectivity index (χ4n) is 7.88. The number of aliphatic hydroxyl groups is 6. The van der Waals surface area contributed by atoms with E-state index >= 15 is 0 Å². The molecule has 358 valence electrons. The normalized spacial score (nSPS) is 21.2. The molecule has 7 N–H and O–H groups in total. The average molecular weight is 866 g/mol. The van der Waals surface area contributed by atoms with Gasteiger partial charge in [-0.15, -0.1) is 0 Å². The quantitative estimate of drug-likeness (QED) is 0.0233. The molecule has 0 radical (unpaired) electrons. The lowest BCUT2D eigenvalue weighted by molar-refractivity contribution is -0.302. The Labute approximate surface area is 373 Å². The molecule has 1 aliphatic heterocycles. The molecule has 1 aliphatic rings. The molecular formula is C51H95NO9. The standard InChI is InChI=1S/C51H95NO9/c1-3-5-7-9-11-13-15-16-17-18-19-20-21-22-23-24-25-26-27-28-30-32-34-36-38-40-45(55)50(59)52-43(42-60-51-49(58)48(57)47(56)46(41-53)61-51)44(54)39-37-35-33-31-29-14-12-10-8-6-4-2/h22-23,29,31,37,39,43-49,51,53-58H,3-21,24-28,30,32-36,38,40-42H2,1-2H3,(H,52,59)/b23-22-,31-29+,39-37+. The van der Waals surface area contributed by atoms with Crippen molar-refractivity contribution in [2.45, 2.75) is 268 Å². The summed E-state index contributed by atoms with van der Waals surface area (Å²) in [6.07, 6.45) is 41.1. The average Bonchev–Trinajstić information content (AvgIpc) is 3.26. The Morgan fingerprint density at radius 2 is 0.967 bits per heavy atom.